The van der Waals surface area contributed by atoms with Gasteiger partial charge in [0.2, 0.25) is 5.89 Å². The van der Waals surface area contributed by atoms with Crippen LogP contribution in [-0.4, -0.2) is 4.98 Å². The Bertz CT molecular complexity index is 3190. The zero-order chi connectivity index (χ0) is 36.3. The topological polar surface area (TPSA) is 42.4 Å². The van der Waals surface area contributed by atoms with Gasteiger partial charge in [-0.1, -0.05) is 133 Å². The van der Waals surface area contributed by atoms with Crippen LogP contribution in [-0.2, 0) is 0 Å². The third-order valence-corrected chi connectivity index (χ3v) is 10.7. The maximum absolute atomic E-state index is 6.62. The Morgan fingerprint density at radius 3 is 1.78 bits per heavy atom. The molecule has 2 aromatic heterocycles. The highest BCUT2D eigenvalue weighted by Crippen LogP contribution is 2.43. The average Bonchev–Trinajstić information content (AvgIpc) is 3.87. The van der Waals surface area contributed by atoms with Gasteiger partial charge in [0.25, 0.3) is 0 Å². The minimum Gasteiger partial charge on any atom is -0.456 e. The van der Waals surface area contributed by atoms with E-state index >= 15 is 0 Å². The van der Waals surface area contributed by atoms with Crippen molar-refractivity contribution in [2.45, 2.75) is 0 Å². The van der Waals surface area contributed by atoms with E-state index in [-0.39, 0.29) is 0 Å². The summed E-state index contributed by atoms with van der Waals surface area (Å²) in [5, 5.41) is 6.68. The van der Waals surface area contributed by atoms with E-state index in [1.54, 1.807) is 0 Å². The van der Waals surface area contributed by atoms with Crippen molar-refractivity contribution < 1.29 is 8.83 Å². The average molecular weight is 705 g/mol. The number of anilines is 3. The second kappa shape index (κ2) is 12.6. The normalized spacial score (nSPS) is 11.6. The first-order chi connectivity index (χ1) is 27.2. The summed E-state index contributed by atoms with van der Waals surface area (Å²) in [6, 6.07) is 68.1. The SMILES string of the molecule is c1ccc(-c2ccc(N(c3ccc(-c4cccc5ccccc45)cc3)c3ccc4c(c3)oc3cccc(-c5nc6c(ccc7ccccc76)o5)c34)cc2)cc1. The van der Waals surface area contributed by atoms with E-state index in [2.05, 4.69) is 163 Å². The van der Waals surface area contributed by atoms with Crippen LogP contribution in [0, 0.1) is 0 Å². The number of hydrogen-bond acceptors (Lipinski definition) is 4. The van der Waals surface area contributed by atoms with Crippen molar-refractivity contribution in [1.29, 1.82) is 0 Å². The molecular weight excluding hydrogens is 673 g/mol. The molecule has 258 valence electrons. The van der Waals surface area contributed by atoms with Gasteiger partial charge < -0.3 is 13.7 Å². The lowest BCUT2D eigenvalue weighted by atomic mass is 9.98. The summed E-state index contributed by atoms with van der Waals surface area (Å²) in [4.78, 5) is 7.32. The largest absolute Gasteiger partial charge is 0.456 e. The Morgan fingerprint density at radius 1 is 0.364 bits per heavy atom. The van der Waals surface area contributed by atoms with Crippen molar-refractivity contribution in [3.05, 3.63) is 194 Å². The second-order valence-corrected chi connectivity index (χ2v) is 13.9. The summed E-state index contributed by atoms with van der Waals surface area (Å²) in [6.45, 7) is 0. The third kappa shape index (κ3) is 5.26. The van der Waals surface area contributed by atoms with Gasteiger partial charge in [-0.25, -0.2) is 4.98 Å². The number of nitrogens with zero attached hydrogens (tertiary/aromatic N) is 2. The van der Waals surface area contributed by atoms with E-state index in [1.807, 2.05) is 36.4 Å². The zero-order valence-corrected chi connectivity index (χ0v) is 29.7. The Morgan fingerprint density at radius 2 is 0.982 bits per heavy atom. The third-order valence-electron chi connectivity index (χ3n) is 10.7. The summed E-state index contributed by atoms with van der Waals surface area (Å²) >= 11 is 0. The van der Waals surface area contributed by atoms with Gasteiger partial charge in [-0.05, 0) is 93.0 Å². The van der Waals surface area contributed by atoms with Gasteiger partial charge in [-0.15, -0.1) is 0 Å². The highest BCUT2D eigenvalue weighted by Gasteiger charge is 2.20. The number of fused-ring (bicyclic) bond motifs is 7. The standard InChI is InChI=1S/C51H32N2O2/c1-2-10-33(11-3-1)34-20-25-38(26-21-34)53(39-27-22-37(23-28-39)42-17-8-14-35-12-4-6-15-41(35)42)40-29-30-44-48(32-40)54-46-19-9-18-45(49(44)46)51-52-50-43-16-7-5-13-36(43)24-31-47(50)55-51/h1-32H. The Labute approximate surface area is 317 Å². The van der Waals surface area contributed by atoms with Crippen LogP contribution in [0.15, 0.2) is 203 Å². The van der Waals surface area contributed by atoms with Gasteiger partial charge in [0.15, 0.2) is 5.58 Å². The maximum Gasteiger partial charge on any atom is 0.228 e. The van der Waals surface area contributed by atoms with Gasteiger partial charge in [0, 0.05) is 44.9 Å². The molecule has 0 radical (unpaired) electrons. The summed E-state index contributed by atoms with van der Waals surface area (Å²) in [6.07, 6.45) is 0. The minimum absolute atomic E-state index is 0.579. The molecule has 0 N–H and O–H groups in total. The number of hydrogen-bond donors (Lipinski definition) is 0. The molecule has 9 aromatic carbocycles. The quantitative estimate of drug-likeness (QED) is 0.173. The lowest BCUT2D eigenvalue weighted by Gasteiger charge is -2.26. The lowest BCUT2D eigenvalue weighted by Crippen LogP contribution is -2.09. The van der Waals surface area contributed by atoms with Gasteiger partial charge in [-0.3, -0.25) is 0 Å². The molecule has 4 nitrogen and oxygen atoms in total. The molecule has 4 heteroatoms. The molecule has 0 saturated carbocycles. The summed E-state index contributed by atoms with van der Waals surface area (Å²) in [5.41, 5.74) is 11.9. The second-order valence-electron chi connectivity index (χ2n) is 13.9. The van der Waals surface area contributed by atoms with Gasteiger partial charge in [-0.2, -0.15) is 0 Å². The van der Waals surface area contributed by atoms with E-state index < -0.39 is 0 Å². The van der Waals surface area contributed by atoms with Crippen LogP contribution in [0.25, 0.3) is 88.3 Å². The molecule has 0 bridgehead atoms. The van der Waals surface area contributed by atoms with Crippen LogP contribution in [0.5, 0.6) is 0 Å². The lowest BCUT2D eigenvalue weighted by molar-refractivity contribution is 0.620. The Hall–Kier alpha value is -7.43. The predicted octanol–water partition coefficient (Wildman–Crippen LogP) is 14.5. The molecule has 0 aliphatic heterocycles. The minimum atomic E-state index is 0.579. The van der Waals surface area contributed by atoms with E-state index in [1.165, 1.54) is 33.0 Å². The molecule has 0 aliphatic carbocycles. The number of oxazole rings is 1. The van der Waals surface area contributed by atoms with E-state index in [4.69, 9.17) is 13.8 Å². The van der Waals surface area contributed by atoms with Crippen molar-refractivity contribution in [3.8, 4) is 33.7 Å². The first kappa shape index (κ1) is 31.1. The smallest absolute Gasteiger partial charge is 0.228 e. The monoisotopic (exact) mass is 704 g/mol. The van der Waals surface area contributed by atoms with Crippen molar-refractivity contribution in [1.82, 2.24) is 4.98 Å². The van der Waals surface area contributed by atoms with Gasteiger partial charge >= 0.3 is 0 Å². The molecule has 0 fully saturated rings. The molecular formula is C51H32N2O2. The molecule has 0 unspecified atom stereocenters. The molecule has 0 amide bonds. The maximum atomic E-state index is 6.62. The predicted molar refractivity (Wildman–Crippen MR) is 227 cm³/mol. The summed E-state index contributed by atoms with van der Waals surface area (Å²) < 4.78 is 13.0. The Kier molecular flexibility index (Phi) is 7.14. The van der Waals surface area contributed by atoms with Gasteiger partial charge in [0.1, 0.15) is 16.7 Å². The zero-order valence-electron chi connectivity index (χ0n) is 29.7. The van der Waals surface area contributed by atoms with Crippen molar-refractivity contribution in [3.63, 3.8) is 0 Å². The molecule has 2 heterocycles. The van der Waals surface area contributed by atoms with Crippen LogP contribution >= 0.6 is 0 Å². The molecule has 55 heavy (non-hydrogen) atoms. The molecule has 11 rings (SSSR count). The van der Waals surface area contributed by atoms with Crippen LogP contribution < -0.4 is 4.90 Å². The number of aromatic nitrogens is 1. The molecule has 0 atom stereocenters. The molecule has 11 aromatic rings. The number of rotatable bonds is 6. The first-order valence-corrected chi connectivity index (χ1v) is 18.5. The fraction of sp³-hybridized carbons (Fsp3) is 0. The molecule has 0 saturated heterocycles. The van der Waals surface area contributed by atoms with Crippen LogP contribution in [0.2, 0.25) is 0 Å². The van der Waals surface area contributed by atoms with Crippen molar-refractivity contribution in [2.24, 2.45) is 0 Å². The molecule has 0 spiro atoms. The molecule has 0 aliphatic rings. The number of furan rings is 1. The number of benzene rings is 9. The van der Waals surface area contributed by atoms with Crippen LogP contribution in [0.1, 0.15) is 0 Å². The highest BCUT2D eigenvalue weighted by molar-refractivity contribution is 6.13. The first-order valence-electron chi connectivity index (χ1n) is 18.5. The van der Waals surface area contributed by atoms with Crippen LogP contribution in [0.4, 0.5) is 17.1 Å². The highest BCUT2D eigenvalue weighted by atomic mass is 16.3. The Balaban J connectivity index is 1.04. The van der Waals surface area contributed by atoms with Crippen molar-refractivity contribution >= 4 is 71.6 Å². The van der Waals surface area contributed by atoms with Crippen LogP contribution in [0.3, 0.4) is 0 Å². The fourth-order valence-corrected chi connectivity index (χ4v) is 8.06. The van der Waals surface area contributed by atoms with E-state index in [0.717, 1.165) is 66.4 Å². The van der Waals surface area contributed by atoms with Gasteiger partial charge in [0.05, 0.1) is 0 Å². The summed E-state index contributed by atoms with van der Waals surface area (Å²) in [7, 11) is 0. The summed E-state index contributed by atoms with van der Waals surface area (Å²) in [5.74, 6) is 0.579. The van der Waals surface area contributed by atoms with E-state index in [0.29, 0.717) is 5.89 Å². The van der Waals surface area contributed by atoms with Crippen molar-refractivity contribution in [2.75, 3.05) is 4.90 Å². The van der Waals surface area contributed by atoms with E-state index in [9.17, 15) is 0 Å². The fourth-order valence-electron chi connectivity index (χ4n) is 8.06.